The van der Waals surface area contributed by atoms with Crippen molar-refractivity contribution in [3.05, 3.63) is 59.8 Å². The highest BCUT2D eigenvalue weighted by Gasteiger charge is 2.44. The predicted octanol–water partition coefficient (Wildman–Crippen LogP) is 0.739. The summed E-state index contributed by atoms with van der Waals surface area (Å²) in [4.78, 5) is 50.5. The Hall–Kier alpha value is -4.19. The highest BCUT2D eigenvalue weighted by atomic mass is 32.2. The Morgan fingerprint density at radius 3 is 2.50 bits per heavy atom. The minimum Gasteiger partial charge on any atom is -0.295 e. The van der Waals surface area contributed by atoms with Crippen LogP contribution < -0.4 is 5.32 Å². The third kappa shape index (κ3) is 3.57. The molecule has 5 rings (SSSR count). The molecule has 11 nitrogen and oxygen atoms in total. The Bertz CT molecular complexity index is 1510. The quantitative estimate of drug-likeness (QED) is 0.539. The first-order valence-electron chi connectivity index (χ1n) is 10.2. The van der Waals surface area contributed by atoms with Crippen molar-refractivity contribution in [3.8, 4) is 16.9 Å². The summed E-state index contributed by atoms with van der Waals surface area (Å²) in [5, 5.41) is 10.3. The number of nitrogens with zero attached hydrogens (tertiary/aromatic N) is 4. The van der Waals surface area contributed by atoms with Gasteiger partial charge in [0, 0.05) is 18.2 Å². The minimum absolute atomic E-state index is 0.0404. The highest BCUT2D eigenvalue weighted by molar-refractivity contribution is 7.90. The summed E-state index contributed by atoms with van der Waals surface area (Å²) in [5.74, 6) is -2.33. The number of hydrogen-bond donors (Lipinski definition) is 1. The molecule has 2 aliphatic heterocycles. The number of rotatable bonds is 4. The van der Waals surface area contributed by atoms with E-state index in [9.17, 15) is 27.6 Å². The zero-order chi connectivity index (χ0) is 24.2. The van der Waals surface area contributed by atoms with Gasteiger partial charge in [-0.1, -0.05) is 17.3 Å². The van der Waals surface area contributed by atoms with Gasteiger partial charge >= 0.3 is 0 Å². The van der Waals surface area contributed by atoms with Crippen molar-refractivity contribution in [2.45, 2.75) is 23.8 Å². The molecule has 1 aromatic heterocycles. The van der Waals surface area contributed by atoms with E-state index in [1.807, 2.05) is 0 Å². The number of fused-ring (bicyclic) bond motifs is 1. The number of piperidine rings is 1. The van der Waals surface area contributed by atoms with Gasteiger partial charge in [-0.05, 0) is 36.8 Å². The molecule has 2 aromatic carbocycles. The third-order valence-electron chi connectivity index (χ3n) is 5.74. The topological polar surface area (TPSA) is 148 Å². The summed E-state index contributed by atoms with van der Waals surface area (Å²) in [6.07, 6.45) is 2.80. The van der Waals surface area contributed by atoms with Crippen molar-refractivity contribution < 1.29 is 27.6 Å². The van der Waals surface area contributed by atoms with E-state index >= 15 is 0 Å². The third-order valence-corrected chi connectivity index (χ3v) is 6.85. The fourth-order valence-corrected chi connectivity index (χ4v) is 4.67. The fourth-order valence-electron chi connectivity index (χ4n) is 4.01. The zero-order valence-corrected chi connectivity index (χ0v) is 18.6. The summed E-state index contributed by atoms with van der Waals surface area (Å²) in [6.45, 7) is 0. The molecule has 3 heterocycles. The maximum absolute atomic E-state index is 13.0. The molecular formula is C22H17N5O6S. The van der Waals surface area contributed by atoms with Crippen LogP contribution in [0.5, 0.6) is 0 Å². The maximum Gasteiger partial charge on any atom is 0.262 e. The van der Waals surface area contributed by atoms with Gasteiger partial charge in [-0.15, -0.1) is 5.10 Å². The van der Waals surface area contributed by atoms with Gasteiger partial charge in [-0.2, -0.15) is 0 Å². The van der Waals surface area contributed by atoms with Gasteiger partial charge in [0.1, 0.15) is 11.7 Å². The van der Waals surface area contributed by atoms with Crippen LogP contribution in [0, 0.1) is 0 Å². The van der Waals surface area contributed by atoms with Crippen molar-refractivity contribution in [1.29, 1.82) is 0 Å². The van der Waals surface area contributed by atoms with Gasteiger partial charge in [0.05, 0.1) is 27.9 Å². The first-order chi connectivity index (χ1) is 16.1. The zero-order valence-electron chi connectivity index (χ0n) is 17.8. The van der Waals surface area contributed by atoms with E-state index in [1.165, 1.54) is 28.9 Å². The monoisotopic (exact) mass is 479 g/mol. The molecule has 1 fully saturated rings. The lowest BCUT2D eigenvalue weighted by atomic mass is 10.0. The molecule has 0 aliphatic carbocycles. The van der Waals surface area contributed by atoms with Crippen LogP contribution in [0.4, 0.5) is 0 Å². The summed E-state index contributed by atoms with van der Waals surface area (Å²) in [5.41, 5.74) is 1.67. The number of carbonyl (C=O) groups is 4. The number of nitrogens with one attached hydrogen (secondary N) is 1. The Kier molecular flexibility index (Phi) is 4.90. The van der Waals surface area contributed by atoms with Crippen molar-refractivity contribution in [3.63, 3.8) is 0 Å². The largest absolute Gasteiger partial charge is 0.295 e. The molecule has 1 unspecified atom stereocenters. The van der Waals surface area contributed by atoms with E-state index in [2.05, 4.69) is 15.6 Å². The van der Waals surface area contributed by atoms with Crippen molar-refractivity contribution in [2.75, 3.05) is 6.26 Å². The molecule has 0 spiro atoms. The molecule has 4 amide bonds. The summed E-state index contributed by atoms with van der Waals surface area (Å²) < 4.78 is 25.1. The standard InChI is InChI=1S/C22H17N5O6S/c1-34(32,33)14-4-2-3-13(10-14)26-11-17(24-25-26)12-5-6-15-16(9-12)22(31)27(21(15)30)18-7-8-19(28)23-20(18)29/h2-6,9-11,18H,7-8H2,1H3,(H,23,28,29). The first-order valence-corrected chi connectivity index (χ1v) is 12.1. The van der Waals surface area contributed by atoms with Crippen LogP contribution in [0.2, 0.25) is 0 Å². The van der Waals surface area contributed by atoms with Crippen molar-refractivity contribution in [2.24, 2.45) is 0 Å². The molecule has 1 N–H and O–H groups in total. The second kappa shape index (κ2) is 7.70. The molecule has 34 heavy (non-hydrogen) atoms. The molecule has 0 radical (unpaired) electrons. The molecule has 12 heteroatoms. The average molecular weight is 479 g/mol. The number of amides is 4. The number of carbonyl (C=O) groups excluding carboxylic acids is 4. The van der Waals surface area contributed by atoms with Crippen LogP contribution in [0.1, 0.15) is 33.6 Å². The molecule has 0 saturated carbocycles. The fraction of sp³-hybridized carbons (Fsp3) is 0.182. The van der Waals surface area contributed by atoms with Crippen LogP contribution in [-0.2, 0) is 19.4 Å². The molecule has 3 aromatic rings. The van der Waals surface area contributed by atoms with Crippen molar-refractivity contribution >= 4 is 33.5 Å². The number of hydrogen-bond acceptors (Lipinski definition) is 8. The lowest BCUT2D eigenvalue weighted by Crippen LogP contribution is -2.54. The lowest BCUT2D eigenvalue weighted by molar-refractivity contribution is -0.136. The Morgan fingerprint density at radius 1 is 1.00 bits per heavy atom. The average Bonchev–Trinajstić information content (AvgIpc) is 3.38. The Morgan fingerprint density at radius 2 is 1.76 bits per heavy atom. The Labute approximate surface area is 193 Å². The van der Waals surface area contributed by atoms with E-state index < -0.39 is 39.5 Å². The summed E-state index contributed by atoms with van der Waals surface area (Å²) >= 11 is 0. The van der Waals surface area contributed by atoms with Crippen LogP contribution >= 0.6 is 0 Å². The SMILES string of the molecule is CS(=O)(=O)c1cccc(-n2cc(-c3ccc4c(c3)C(=O)N(C3CCC(=O)NC3=O)C4=O)nn2)c1. The van der Waals surface area contributed by atoms with E-state index in [0.29, 0.717) is 16.9 Å². The molecule has 1 atom stereocenters. The maximum atomic E-state index is 13.0. The first kappa shape index (κ1) is 21.6. The lowest BCUT2D eigenvalue weighted by Gasteiger charge is -2.27. The Balaban J connectivity index is 1.45. The molecular weight excluding hydrogens is 462 g/mol. The van der Waals surface area contributed by atoms with Crippen LogP contribution in [0.25, 0.3) is 16.9 Å². The van der Waals surface area contributed by atoms with Gasteiger partial charge in [0.25, 0.3) is 11.8 Å². The number of sulfone groups is 1. The molecule has 0 bridgehead atoms. The van der Waals surface area contributed by atoms with E-state index in [4.69, 9.17) is 0 Å². The van der Waals surface area contributed by atoms with Crippen LogP contribution in [0.15, 0.2) is 53.6 Å². The van der Waals surface area contributed by atoms with Gasteiger partial charge in [0.2, 0.25) is 11.8 Å². The molecule has 2 aliphatic rings. The second-order valence-corrected chi connectivity index (χ2v) is 10.0. The highest BCUT2D eigenvalue weighted by Crippen LogP contribution is 2.31. The molecule has 1 saturated heterocycles. The number of imide groups is 2. The predicted molar refractivity (Wildman–Crippen MR) is 117 cm³/mol. The van der Waals surface area contributed by atoms with E-state index in [1.54, 1.807) is 24.4 Å². The van der Waals surface area contributed by atoms with Crippen LogP contribution in [0.3, 0.4) is 0 Å². The van der Waals surface area contributed by atoms with Gasteiger partial charge in [-0.3, -0.25) is 29.4 Å². The van der Waals surface area contributed by atoms with Gasteiger partial charge in [0.15, 0.2) is 9.84 Å². The normalized spacial score (nSPS) is 18.3. The summed E-state index contributed by atoms with van der Waals surface area (Å²) in [7, 11) is -3.40. The van der Waals surface area contributed by atoms with Gasteiger partial charge < -0.3 is 0 Å². The second-order valence-electron chi connectivity index (χ2n) is 8.03. The van der Waals surface area contributed by atoms with E-state index in [0.717, 1.165) is 11.2 Å². The van der Waals surface area contributed by atoms with Crippen molar-refractivity contribution in [1.82, 2.24) is 25.2 Å². The number of benzene rings is 2. The van der Waals surface area contributed by atoms with Gasteiger partial charge in [-0.25, -0.2) is 13.1 Å². The summed E-state index contributed by atoms with van der Waals surface area (Å²) in [6, 6.07) is 9.77. The molecule has 172 valence electrons. The van der Waals surface area contributed by atoms with Crippen LogP contribution in [-0.4, -0.2) is 64.2 Å². The van der Waals surface area contributed by atoms with E-state index in [-0.39, 0.29) is 28.9 Å². The smallest absolute Gasteiger partial charge is 0.262 e. The minimum atomic E-state index is -3.40. The number of aromatic nitrogens is 3.